The molecule has 3 N–H and O–H groups in total. The summed E-state index contributed by atoms with van der Waals surface area (Å²) in [5, 5.41) is 3.31. The van der Waals surface area contributed by atoms with Crippen molar-refractivity contribution in [2.45, 2.75) is 44.3 Å². The summed E-state index contributed by atoms with van der Waals surface area (Å²) in [6.45, 7) is 5.06. The molecule has 0 bridgehead atoms. The molecule has 2 saturated heterocycles. The maximum Gasteiger partial charge on any atom is 0.370 e. The highest BCUT2D eigenvalue weighted by Crippen LogP contribution is 2.35. The van der Waals surface area contributed by atoms with Crippen molar-refractivity contribution in [3.05, 3.63) is 23.3 Å². The van der Waals surface area contributed by atoms with Gasteiger partial charge in [-0.15, -0.1) is 0 Å². The Bertz CT molecular complexity index is 688. The minimum absolute atomic E-state index is 0.0327. The van der Waals surface area contributed by atoms with E-state index in [0.717, 1.165) is 29.8 Å². The Labute approximate surface area is 160 Å². The molecule has 2 unspecified atom stereocenters. The van der Waals surface area contributed by atoms with Crippen LogP contribution in [0.25, 0.3) is 0 Å². The van der Waals surface area contributed by atoms with Gasteiger partial charge in [-0.2, -0.15) is 0 Å². The van der Waals surface area contributed by atoms with Gasteiger partial charge in [-0.25, -0.2) is 0 Å². The number of aryl methyl sites for hydroxylation is 1. The summed E-state index contributed by atoms with van der Waals surface area (Å²) in [4.78, 5) is 14.2. The molecule has 1 aromatic rings. The fourth-order valence-corrected chi connectivity index (χ4v) is 3.75. The number of nitrogens with one attached hydrogen (secondary N) is 1. The van der Waals surface area contributed by atoms with E-state index in [0.29, 0.717) is 39.2 Å². The van der Waals surface area contributed by atoms with E-state index in [1.807, 2.05) is 25.4 Å². The lowest BCUT2D eigenvalue weighted by Gasteiger charge is -2.40. The van der Waals surface area contributed by atoms with Crippen LogP contribution in [0.1, 0.15) is 17.5 Å². The second kappa shape index (κ2) is 8.08. The third kappa shape index (κ3) is 4.07. The van der Waals surface area contributed by atoms with Crippen LogP contribution >= 0.6 is 0 Å². The van der Waals surface area contributed by atoms with Crippen LogP contribution in [-0.4, -0.2) is 69.3 Å². The number of morpholine rings is 1. The van der Waals surface area contributed by atoms with Crippen LogP contribution in [0.4, 0.5) is 0 Å². The fraction of sp³-hybridized carbons (Fsp3) is 0.632. The van der Waals surface area contributed by atoms with E-state index in [1.165, 1.54) is 5.56 Å². The maximum absolute atomic E-state index is 12.4. The molecule has 1 aromatic carbocycles. The van der Waals surface area contributed by atoms with Crippen LogP contribution < -0.4 is 20.4 Å². The van der Waals surface area contributed by atoms with Gasteiger partial charge >= 0.3 is 7.48 Å². The second-order valence-electron chi connectivity index (χ2n) is 7.54. The Kier molecular flexibility index (Phi) is 5.57. The Balaban J connectivity index is 1.25. The lowest BCUT2D eigenvalue weighted by atomic mass is 9.85. The molecule has 0 aromatic heterocycles. The molecule has 3 aliphatic rings. The largest absolute Gasteiger partial charge is 0.563 e. The smallest absolute Gasteiger partial charge is 0.370 e. The van der Waals surface area contributed by atoms with Gasteiger partial charge in [0.05, 0.1) is 32.2 Å². The van der Waals surface area contributed by atoms with Gasteiger partial charge in [-0.3, -0.25) is 4.79 Å². The standard InChI is InChI=1S/C19H27BN3O4/c1-12-17(3-2-13-4-5-20-27-19(12)13)26-16-9-23(10-16)18(24)6-15-8-22-14(7-21)11-25-15/h2-3,14-16,22H,4-11,21H2,1H3. The van der Waals surface area contributed by atoms with Gasteiger partial charge < -0.3 is 30.1 Å². The van der Waals surface area contributed by atoms with Crippen LogP contribution in [0, 0.1) is 6.92 Å². The summed E-state index contributed by atoms with van der Waals surface area (Å²) in [6, 6.07) is 4.29. The number of carbonyl (C=O) groups excluding carboxylic acids is 1. The predicted octanol–water partition coefficient (Wildman–Crippen LogP) is 0.263. The number of likely N-dealkylation sites (tertiary alicyclic amines) is 1. The Morgan fingerprint density at radius 3 is 3.04 bits per heavy atom. The third-order valence-corrected chi connectivity index (χ3v) is 5.52. The molecule has 8 heteroatoms. The molecule has 27 heavy (non-hydrogen) atoms. The second-order valence-corrected chi connectivity index (χ2v) is 7.54. The van der Waals surface area contributed by atoms with Crippen LogP contribution in [0.2, 0.25) is 6.32 Å². The van der Waals surface area contributed by atoms with Crippen molar-refractivity contribution in [2.75, 3.05) is 32.8 Å². The van der Waals surface area contributed by atoms with Gasteiger partial charge in [0.15, 0.2) is 0 Å². The normalized spacial score (nSPS) is 25.0. The molecule has 0 spiro atoms. The number of nitrogens with two attached hydrogens (primary N) is 1. The van der Waals surface area contributed by atoms with Crippen LogP contribution in [0.15, 0.2) is 12.1 Å². The summed E-state index contributed by atoms with van der Waals surface area (Å²) >= 11 is 0. The SMILES string of the molecule is Cc1c(OC2CN(C(=O)CC3CNC(CN)CO3)C2)ccc2c1O[B]CC2. The quantitative estimate of drug-likeness (QED) is 0.722. The maximum atomic E-state index is 12.4. The molecule has 145 valence electrons. The lowest BCUT2D eigenvalue weighted by molar-refractivity contribution is -0.143. The average Bonchev–Trinajstić information content (AvgIpc) is 2.66. The molecule has 2 atom stereocenters. The van der Waals surface area contributed by atoms with Crippen molar-refractivity contribution in [3.63, 3.8) is 0 Å². The molecule has 4 rings (SSSR count). The molecule has 7 nitrogen and oxygen atoms in total. The molecule has 2 fully saturated rings. The molecule has 0 saturated carbocycles. The first-order chi connectivity index (χ1) is 13.1. The summed E-state index contributed by atoms with van der Waals surface area (Å²) in [5.41, 5.74) is 7.87. The van der Waals surface area contributed by atoms with Crippen molar-refractivity contribution < 1.29 is 18.9 Å². The van der Waals surface area contributed by atoms with Gasteiger partial charge in [0.2, 0.25) is 5.91 Å². The zero-order valence-electron chi connectivity index (χ0n) is 15.8. The first-order valence-electron chi connectivity index (χ1n) is 9.74. The van der Waals surface area contributed by atoms with Crippen LogP contribution in [-0.2, 0) is 16.0 Å². The van der Waals surface area contributed by atoms with Crippen molar-refractivity contribution in [2.24, 2.45) is 5.73 Å². The highest BCUT2D eigenvalue weighted by molar-refractivity contribution is 6.29. The number of ether oxygens (including phenoxy) is 2. The monoisotopic (exact) mass is 372 g/mol. The number of hydrogen-bond acceptors (Lipinski definition) is 6. The molecule has 1 amide bonds. The minimum Gasteiger partial charge on any atom is -0.563 e. The molecular weight excluding hydrogens is 345 g/mol. The van der Waals surface area contributed by atoms with Crippen molar-refractivity contribution in [3.8, 4) is 11.5 Å². The summed E-state index contributed by atoms with van der Waals surface area (Å²) in [5.74, 6) is 1.88. The van der Waals surface area contributed by atoms with E-state index in [9.17, 15) is 4.79 Å². The fourth-order valence-electron chi connectivity index (χ4n) is 3.75. The molecule has 3 aliphatic heterocycles. The van der Waals surface area contributed by atoms with Crippen molar-refractivity contribution >= 4 is 13.4 Å². The van der Waals surface area contributed by atoms with Crippen molar-refractivity contribution in [1.82, 2.24) is 10.2 Å². The number of nitrogens with zero attached hydrogens (tertiary/aromatic N) is 1. The zero-order chi connectivity index (χ0) is 18.8. The number of amides is 1. The molecule has 0 aliphatic carbocycles. The van der Waals surface area contributed by atoms with Crippen LogP contribution in [0.3, 0.4) is 0 Å². The van der Waals surface area contributed by atoms with E-state index < -0.39 is 0 Å². The zero-order valence-corrected chi connectivity index (χ0v) is 15.8. The Morgan fingerprint density at radius 2 is 2.30 bits per heavy atom. The summed E-state index contributed by atoms with van der Waals surface area (Å²) in [7, 11) is 1.85. The van der Waals surface area contributed by atoms with E-state index >= 15 is 0 Å². The Hall–Kier alpha value is -1.77. The first-order valence-corrected chi connectivity index (χ1v) is 9.74. The average molecular weight is 372 g/mol. The summed E-state index contributed by atoms with van der Waals surface area (Å²) in [6.07, 6.45) is 2.31. The van der Waals surface area contributed by atoms with Crippen LogP contribution in [0.5, 0.6) is 11.5 Å². The van der Waals surface area contributed by atoms with Gasteiger partial charge in [0, 0.05) is 24.7 Å². The van der Waals surface area contributed by atoms with E-state index in [1.54, 1.807) is 0 Å². The van der Waals surface area contributed by atoms with Gasteiger partial charge in [-0.05, 0) is 31.3 Å². The van der Waals surface area contributed by atoms with Gasteiger partial charge in [0.25, 0.3) is 0 Å². The highest BCUT2D eigenvalue weighted by atomic mass is 16.5. The number of fused-ring (bicyclic) bond motifs is 1. The summed E-state index contributed by atoms with van der Waals surface area (Å²) < 4.78 is 17.5. The molecule has 1 radical (unpaired) electrons. The van der Waals surface area contributed by atoms with Gasteiger partial charge in [-0.1, -0.05) is 6.07 Å². The highest BCUT2D eigenvalue weighted by Gasteiger charge is 2.34. The number of carbonyl (C=O) groups is 1. The predicted molar refractivity (Wildman–Crippen MR) is 102 cm³/mol. The third-order valence-electron chi connectivity index (χ3n) is 5.52. The molecule has 3 heterocycles. The number of hydrogen-bond donors (Lipinski definition) is 2. The van der Waals surface area contributed by atoms with Crippen molar-refractivity contribution in [1.29, 1.82) is 0 Å². The minimum atomic E-state index is -0.0726. The van der Waals surface area contributed by atoms with E-state index in [4.69, 9.17) is 19.9 Å². The Morgan fingerprint density at radius 1 is 1.44 bits per heavy atom. The lowest BCUT2D eigenvalue weighted by Crippen LogP contribution is -2.57. The van der Waals surface area contributed by atoms with E-state index in [2.05, 4.69) is 11.4 Å². The first kappa shape index (κ1) is 18.6. The number of rotatable bonds is 5. The molecular formula is C19H27BN3O4. The number of benzene rings is 1. The van der Waals surface area contributed by atoms with E-state index in [-0.39, 0.29) is 24.2 Å². The topological polar surface area (TPSA) is 86.1 Å². The van der Waals surface area contributed by atoms with Gasteiger partial charge in [0.1, 0.15) is 17.6 Å².